The van der Waals surface area contributed by atoms with Crippen LogP contribution in [0.5, 0.6) is 5.75 Å². The Labute approximate surface area is 153 Å². The number of phenols is 1. The van der Waals surface area contributed by atoms with Gasteiger partial charge in [0, 0.05) is 10.9 Å². The van der Waals surface area contributed by atoms with E-state index in [1.807, 2.05) is 30.3 Å². The summed E-state index contributed by atoms with van der Waals surface area (Å²) in [5.74, 6) is 0.0909. The van der Waals surface area contributed by atoms with E-state index in [4.69, 9.17) is 0 Å². The summed E-state index contributed by atoms with van der Waals surface area (Å²) in [6.07, 6.45) is -4.49. The average Bonchev–Trinajstić information content (AvgIpc) is 3.00. The molecule has 0 radical (unpaired) electrons. The number of nitrogens with zero attached hydrogens (tertiary/aromatic N) is 2. The second-order valence-electron chi connectivity index (χ2n) is 6.24. The Morgan fingerprint density at radius 1 is 0.852 bits per heavy atom. The summed E-state index contributed by atoms with van der Waals surface area (Å²) < 4.78 is 42.0. The van der Waals surface area contributed by atoms with Crippen molar-refractivity contribution in [3.63, 3.8) is 0 Å². The largest absolute Gasteiger partial charge is 0.508 e. The second-order valence-corrected chi connectivity index (χ2v) is 6.24. The van der Waals surface area contributed by atoms with E-state index in [0.717, 1.165) is 11.6 Å². The lowest BCUT2D eigenvalue weighted by molar-refractivity contribution is -0.136. The monoisotopic (exact) mass is 368 g/mol. The maximum atomic E-state index is 13.5. The van der Waals surface area contributed by atoms with E-state index in [1.165, 1.54) is 18.2 Å². The number of phenolic OH excluding ortho intramolecular Hbond substituents is 1. The molecule has 0 aliphatic carbocycles. The van der Waals surface area contributed by atoms with Crippen molar-refractivity contribution < 1.29 is 18.3 Å². The summed E-state index contributed by atoms with van der Waals surface area (Å²) in [6.45, 7) is 0.336. The summed E-state index contributed by atoms with van der Waals surface area (Å²) in [4.78, 5) is 0. The van der Waals surface area contributed by atoms with Crippen LogP contribution in [0.1, 0.15) is 11.1 Å². The van der Waals surface area contributed by atoms with Crippen LogP contribution in [-0.2, 0) is 12.7 Å². The van der Waals surface area contributed by atoms with Gasteiger partial charge in [-0.3, -0.25) is 4.68 Å². The standard InChI is InChI=1S/C21H15F3N2O/c22-21(23,24)18-8-4-7-17-19(18)25-26(13-14-5-2-1-3-6-14)20(17)15-9-11-16(27)12-10-15/h1-12,27H,13H2. The van der Waals surface area contributed by atoms with Gasteiger partial charge in [0.2, 0.25) is 0 Å². The fourth-order valence-electron chi connectivity index (χ4n) is 3.18. The molecule has 6 heteroatoms. The van der Waals surface area contributed by atoms with Crippen molar-refractivity contribution in [1.29, 1.82) is 0 Å². The van der Waals surface area contributed by atoms with Crippen molar-refractivity contribution in [3.05, 3.63) is 83.9 Å². The molecule has 1 heterocycles. The lowest BCUT2D eigenvalue weighted by Crippen LogP contribution is -2.06. The van der Waals surface area contributed by atoms with Crippen LogP contribution in [0.4, 0.5) is 13.2 Å². The Hall–Kier alpha value is -3.28. The van der Waals surface area contributed by atoms with E-state index in [9.17, 15) is 18.3 Å². The summed E-state index contributed by atoms with van der Waals surface area (Å²) in [5, 5.41) is 14.3. The maximum absolute atomic E-state index is 13.5. The van der Waals surface area contributed by atoms with Gasteiger partial charge in [-0.05, 0) is 35.9 Å². The number of hydrogen-bond acceptors (Lipinski definition) is 2. The van der Waals surface area contributed by atoms with Crippen LogP contribution in [0, 0.1) is 0 Å². The van der Waals surface area contributed by atoms with Crippen LogP contribution < -0.4 is 0 Å². The Balaban J connectivity index is 1.97. The third kappa shape index (κ3) is 3.26. The predicted octanol–water partition coefficient (Wildman–Crippen LogP) is 5.48. The molecule has 27 heavy (non-hydrogen) atoms. The van der Waals surface area contributed by atoms with Crippen molar-refractivity contribution in [3.8, 4) is 17.0 Å². The summed E-state index contributed by atoms with van der Waals surface area (Å²) in [7, 11) is 0. The van der Waals surface area contributed by atoms with Crippen LogP contribution >= 0.6 is 0 Å². The molecule has 0 aliphatic heterocycles. The van der Waals surface area contributed by atoms with Gasteiger partial charge in [0.25, 0.3) is 0 Å². The molecule has 0 spiro atoms. The second kappa shape index (κ2) is 6.46. The van der Waals surface area contributed by atoms with Crippen molar-refractivity contribution in [1.82, 2.24) is 9.78 Å². The van der Waals surface area contributed by atoms with E-state index < -0.39 is 11.7 Å². The highest BCUT2D eigenvalue weighted by molar-refractivity contribution is 5.95. The van der Waals surface area contributed by atoms with E-state index in [1.54, 1.807) is 22.9 Å². The van der Waals surface area contributed by atoms with Gasteiger partial charge >= 0.3 is 6.18 Å². The fourth-order valence-corrected chi connectivity index (χ4v) is 3.18. The molecule has 0 unspecified atom stereocenters. The molecule has 136 valence electrons. The van der Waals surface area contributed by atoms with E-state index in [0.29, 0.717) is 23.2 Å². The molecule has 1 N–H and O–H groups in total. The first-order valence-corrected chi connectivity index (χ1v) is 8.33. The summed E-state index contributed by atoms with van der Waals surface area (Å²) >= 11 is 0. The molecule has 3 aromatic carbocycles. The zero-order chi connectivity index (χ0) is 19.0. The lowest BCUT2D eigenvalue weighted by Gasteiger charge is -2.09. The SMILES string of the molecule is Oc1ccc(-c2c3cccc(C(F)(F)F)c3nn2Cc2ccccc2)cc1. The Bertz CT molecular complexity index is 1080. The lowest BCUT2D eigenvalue weighted by atomic mass is 10.0. The van der Waals surface area contributed by atoms with E-state index in [2.05, 4.69) is 5.10 Å². The highest BCUT2D eigenvalue weighted by Crippen LogP contribution is 2.38. The molecule has 0 aliphatic rings. The van der Waals surface area contributed by atoms with Crippen LogP contribution in [0.3, 0.4) is 0 Å². The van der Waals surface area contributed by atoms with Gasteiger partial charge in [-0.1, -0.05) is 42.5 Å². The maximum Gasteiger partial charge on any atom is 0.418 e. The number of alkyl halides is 3. The first kappa shape index (κ1) is 17.1. The fraction of sp³-hybridized carbons (Fsp3) is 0.0952. The van der Waals surface area contributed by atoms with Crippen LogP contribution in [-0.4, -0.2) is 14.9 Å². The minimum absolute atomic E-state index is 0.0796. The highest BCUT2D eigenvalue weighted by atomic mass is 19.4. The summed E-state index contributed by atoms with van der Waals surface area (Å²) in [5.41, 5.74) is 1.36. The third-order valence-corrected chi connectivity index (χ3v) is 4.39. The van der Waals surface area contributed by atoms with Gasteiger partial charge < -0.3 is 5.11 Å². The van der Waals surface area contributed by atoms with Crippen LogP contribution in [0.15, 0.2) is 72.8 Å². The van der Waals surface area contributed by atoms with Crippen LogP contribution in [0.25, 0.3) is 22.2 Å². The van der Waals surface area contributed by atoms with Crippen LogP contribution in [0.2, 0.25) is 0 Å². The molecular weight excluding hydrogens is 353 g/mol. The normalized spacial score (nSPS) is 11.8. The number of rotatable bonds is 3. The number of halogens is 3. The van der Waals surface area contributed by atoms with Crippen molar-refractivity contribution in [2.75, 3.05) is 0 Å². The molecule has 4 aromatic rings. The van der Waals surface area contributed by atoms with Crippen molar-refractivity contribution >= 4 is 10.9 Å². The van der Waals surface area contributed by atoms with Gasteiger partial charge in [-0.2, -0.15) is 18.3 Å². The number of fused-ring (bicyclic) bond motifs is 1. The van der Waals surface area contributed by atoms with Gasteiger partial charge in [0.1, 0.15) is 11.3 Å². The Kier molecular flexibility index (Phi) is 4.11. The quantitative estimate of drug-likeness (QED) is 0.520. The van der Waals surface area contributed by atoms with Gasteiger partial charge in [0.15, 0.2) is 0 Å². The molecule has 0 atom stereocenters. The molecule has 3 nitrogen and oxygen atoms in total. The van der Waals surface area contributed by atoms with Crippen molar-refractivity contribution in [2.45, 2.75) is 12.7 Å². The molecule has 0 fully saturated rings. The molecule has 0 saturated carbocycles. The number of aromatic hydroxyl groups is 1. The molecule has 0 saturated heterocycles. The minimum atomic E-state index is -4.49. The van der Waals surface area contributed by atoms with E-state index >= 15 is 0 Å². The topological polar surface area (TPSA) is 38.1 Å². The molecule has 4 rings (SSSR count). The third-order valence-electron chi connectivity index (χ3n) is 4.39. The molecule has 1 aromatic heterocycles. The van der Waals surface area contributed by atoms with Gasteiger partial charge in [-0.15, -0.1) is 0 Å². The van der Waals surface area contributed by atoms with Gasteiger partial charge in [-0.25, -0.2) is 0 Å². The Morgan fingerprint density at radius 3 is 2.22 bits per heavy atom. The van der Waals surface area contributed by atoms with Gasteiger partial charge in [0.05, 0.1) is 17.8 Å². The number of aromatic nitrogens is 2. The number of benzene rings is 3. The zero-order valence-corrected chi connectivity index (χ0v) is 14.1. The average molecular weight is 368 g/mol. The smallest absolute Gasteiger partial charge is 0.418 e. The number of hydrogen-bond donors (Lipinski definition) is 1. The summed E-state index contributed by atoms with van der Waals surface area (Å²) in [6, 6.07) is 19.9. The van der Waals surface area contributed by atoms with Crippen molar-refractivity contribution in [2.24, 2.45) is 0 Å². The first-order chi connectivity index (χ1) is 12.9. The van der Waals surface area contributed by atoms with E-state index in [-0.39, 0.29) is 11.3 Å². The first-order valence-electron chi connectivity index (χ1n) is 8.33. The molecule has 0 bridgehead atoms. The predicted molar refractivity (Wildman–Crippen MR) is 97.4 cm³/mol. The minimum Gasteiger partial charge on any atom is -0.508 e. The zero-order valence-electron chi connectivity index (χ0n) is 14.1. The molecular formula is C21H15F3N2O. The molecule has 0 amide bonds. The highest BCUT2D eigenvalue weighted by Gasteiger charge is 2.34. The Morgan fingerprint density at radius 2 is 1.56 bits per heavy atom.